The summed E-state index contributed by atoms with van der Waals surface area (Å²) in [5, 5.41) is 3.33. The second kappa shape index (κ2) is 6.90. The molecule has 112 valence electrons. The Morgan fingerprint density at radius 2 is 1.76 bits per heavy atom. The first-order valence-electron chi connectivity index (χ1n) is 6.82. The van der Waals surface area contributed by atoms with Gasteiger partial charge in [0.1, 0.15) is 23.2 Å². The minimum Gasteiger partial charge on any atom is -0.497 e. The van der Waals surface area contributed by atoms with Gasteiger partial charge in [-0.1, -0.05) is 12.1 Å². The first-order chi connectivity index (χ1) is 10.1. The Hall–Kier alpha value is -2.34. The van der Waals surface area contributed by atoms with Gasteiger partial charge in [-0.3, -0.25) is 0 Å². The van der Waals surface area contributed by atoms with E-state index in [1.165, 1.54) is 5.56 Å². The van der Waals surface area contributed by atoms with Crippen LogP contribution in [0.5, 0.6) is 5.75 Å². The van der Waals surface area contributed by atoms with Crippen LogP contribution in [0.1, 0.15) is 17.0 Å². The van der Waals surface area contributed by atoms with E-state index in [0.29, 0.717) is 11.6 Å². The van der Waals surface area contributed by atoms with Gasteiger partial charge in [0.05, 0.1) is 7.11 Å². The normalized spacial score (nSPS) is 10.3. The molecule has 0 saturated carbocycles. The number of anilines is 2. The Kier molecular flexibility index (Phi) is 4.94. The van der Waals surface area contributed by atoms with E-state index in [4.69, 9.17) is 10.6 Å². The highest BCUT2D eigenvalue weighted by molar-refractivity contribution is 5.56. The molecule has 0 aliphatic carbocycles. The summed E-state index contributed by atoms with van der Waals surface area (Å²) < 4.78 is 5.15. The maximum atomic E-state index is 5.46. The van der Waals surface area contributed by atoms with Crippen LogP contribution in [-0.2, 0) is 6.42 Å². The molecule has 0 aliphatic rings. The maximum Gasteiger partial charge on any atom is 0.148 e. The zero-order valence-corrected chi connectivity index (χ0v) is 12.6. The molecule has 0 radical (unpaired) electrons. The van der Waals surface area contributed by atoms with Crippen LogP contribution < -0.4 is 21.3 Å². The first-order valence-corrected chi connectivity index (χ1v) is 6.82. The van der Waals surface area contributed by atoms with Crippen LogP contribution in [0.2, 0.25) is 0 Å². The average Bonchev–Trinajstić information content (AvgIpc) is 2.51. The highest BCUT2D eigenvalue weighted by Gasteiger charge is 2.07. The van der Waals surface area contributed by atoms with E-state index < -0.39 is 0 Å². The third-order valence-corrected chi connectivity index (χ3v) is 3.26. The summed E-state index contributed by atoms with van der Waals surface area (Å²) in [6.07, 6.45) is 0.901. The SMILES string of the molecule is COc1ccc(CCNc2nc(C)nc(NN)c2C)cc1. The van der Waals surface area contributed by atoms with Crippen molar-refractivity contribution in [3.05, 3.63) is 41.2 Å². The number of nitrogens with two attached hydrogens (primary N) is 1. The summed E-state index contributed by atoms with van der Waals surface area (Å²) in [7, 11) is 1.67. The number of aryl methyl sites for hydroxylation is 1. The molecule has 0 fully saturated rings. The van der Waals surface area contributed by atoms with Crippen LogP contribution in [-0.4, -0.2) is 23.6 Å². The summed E-state index contributed by atoms with van der Waals surface area (Å²) in [6.45, 7) is 4.56. The Morgan fingerprint density at radius 1 is 1.10 bits per heavy atom. The molecule has 1 aromatic carbocycles. The number of nitrogen functional groups attached to an aromatic ring is 1. The Labute approximate surface area is 124 Å². The molecule has 0 aliphatic heterocycles. The largest absolute Gasteiger partial charge is 0.497 e. The lowest BCUT2D eigenvalue weighted by Gasteiger charge is -2.12. The molecule has 0 atom stereocenters. The molecule has 6 nitrogen and oxygen atoms in total. The Balaban J connectivity index is 1.98. The summed E-state index contributed by atoms with van der Waals surface area (Å²) in [5.41, 5.74) is 4.75. The molecule has 0 unspecified atom stereocenters. The van der Waals surface area contributed by atoms with E-state index in [1.54, 1.807) is 7.11 Å². The van der Waals surface area contributed by atoms with Gasteiger partial charge < -0.3 is 15.5 Å². The molecule has 21 heavy (non-hydrogen) atoms. The molecule has 0 saturated heterocycles. The predicted molar refractivity (Wildman–Crippen MR) is 84.5 cm³/mol. The second-order valence-electron chi connectivity index (χ2n) is 4.76. The van der Waals surface area contributed by atoms with Crippen LogP contribution in [0.25, 0.3) is 0 Å². The monoisotopic (exact) mass is 287 g/mol. The van der Waals surface area contributed by atoms with Gasteiger partial charge in [0.25, 0.3) is 0 Å². The highest BCUT2D eigenvalue weighted by Crippen LogP contribution is 2.19. The molecular weight excluding hydrogens is 266 g/mol. The summed E-state index contributed by atoms with van der Waals surface area (Å²) in [6, 6.07) is 8.05. The third kappa shape index (κ3) is 3.82. The van der Waals surface area contributed by atoms with Gasteiger partial charge in [-0.2, -0.15) is 0 Å². The lowest BCUT2D eigenvalue weighted by molar-refractivity contribution is 0.414. The second-order valence-corrected chi connectivity index (χ2v) is 4.76. The summed E-state index contributed by atoms with van der Waals surface area (Å²) in [4.78, 5) is 8.64. The van der Waals surface area contributed by atoms with Crippen molar-refractivity contribution in [1.82, 2.24) is 9.97 Å². The molecule has 0 amide bonds. The fraction of sp³-hybridized carbons (Fsp3) is 0.333. The van der Waals surface area contributed by atoms with E-state index in [-0.39, 0.29) is 0 Å². The molecule has 0 bridgehead atoms. The van der Waals surface area contributed by atoms with Gasteiger partial charge in [-0.05, 0) is 38.0 Å². The van der Waals surface area contributed by atoms with Crippen molar-refractivity contribution in [3.8, 4) is 5.75 Å². The number of aromatic nitrogens is 2. The van der Waals surface area contributed by atoms with Crippen molar-refractivity contribution in [2.24, 2.45) is 5.84 Å². The topological polar surface area (TPSA) is 85.1 Å². The van der Waals surface area contributed by atoms with Crippen LogP contribution >= 0.6 is 0 Å². The van der Waals surface area contributed by atoms with Gasteiger partial charge in [0, 0.05) is 12.1 Å². The minimum absolute atomic E-state index is 0.648. The van der Waals surface area contributed by atoms with Gasteiger partial charge in [-0.25, -0.2) is 15.8 Å². The smallest absolute Gasteiger partial charge is 0.148 e. The lowest BCUT2D eigenvalue weighted by atomic mass is 10.1. The summed E-state index contributed by atoms with van der Waals surface area (Å²) >= 11 is 0. The predicted octanol–water partition coefficient (Wildman–Crippen LogP) is 2.04. The number of ether oxygens (including phenoxy) is 1. The summed E-state index contributed by atoms with van der Waals surface area (Å²) in [5.74, 6) is 8.46. The standard InChI is InChI=1S/C15H21N5O/c1-10-14(18-11(2)19-15(10)20-16)17-9-8-12-4-6-13(21-3)7-5-12/h4-7H,8-9,16H2,1-3H3,(H2,17,18,19,20). The number of hydrazine groups is 1. The van der Waals surface area contributed by atoms with Crippen molar-refractivity contribution >= 4 is 11.6 Å². The van der Waals surface area contributed by atoms with Gasteiger partial charge in [0.15, 0.2) is 0 Å². The number of nitrogens with zero attached hydrogens (tertiary/aromatic N) is 2. The molecule has 2 aromatic rings. The van der Waals surface area contributed by atoms with Gasteiger partial charge >= 0.3 is 0 Å². The number of methoxy groups -OCH3 is 1. The van der Waals surface area contributed by atoms with E-state index >= 15 is 0 Å². The van der Waals surface area contributed by atoms with Gasteiger partial charge in [-0.15, -0.1) is 0 Å². The van der Waals surface area contributed by atoms with Gasteiger partial charge in [0.2, 0.25) is 0 Å². The third-order valence-electron chi connectivity index (χ3n) is 3.26. The molecule has 2 rings (SSSR count). The van der Waals surface area contributed by atoms with Crippen LogP contribution in [0.3, 0.4) is 0 Å². The van der Waals surface area contributed by atoms with Crippen molar-refractivity contribution < 1.29 is 4.74 Å². The molecule has 6 heteroatoms. The van der Waals surface area contributed by atoms with Crippen molar-refractivity contribution in [1.29, 1.82) is 0 Å². The maximum absolute atomic E-state index is 5.46. The first kappa shape index (κ1) is 15.1. The molecular formula is C15H21N5O. The number of rotatable bonds is 6. The van der Waals surface area contributed by atoms with E-state index in [0.717, 1.165) is 30.1 Å². The Bertz CT molecular complexity index is 598. The molecule has 0 spiro atoms. The number of benzene rings is 1. The zero-order valence-electron chi connectivity index (χ0n) is 12.6. The number of hydrogen-bond donors (Lipinski definition) is 3. The van der Waals surface area contributed by atoms with Crippen LogP contribution in [0.4, 0.5) is 11.6 Å². The minimum atomic E-state index is 0.648. The average molecular weight is 287 g/mol. The van der Waals surface area contributed by atoms with E-state index in [1.807, 2.05) is 26.0 Å². The van der Waals surface area contributed by atoms with Crippen LogP contribution in [0.15, 0.2) is 24.3 Å². The molecule has 4 N–H and O–H groups in total. The fourth-order valence-corrected chi connectivity index (χ4v) is 2.06. The van der Waals surface area contributed by atoms with Crippen molar-refractivity contribution in [2.45, 2.75) is 20.3 Å². The number of hydrogen-bond acceptors (Lipinski definition) is 6. The number of nitrogens with one attached hydrogen (secondary N) is 2. The zero-order chi connectivity index (χ0) is 15.2. The quantitative estimate of drug-likeness (QED) is 0.557. The molecule has 1 heterocycles. The molecule has 1 aromatic heterocycles. The van der Waals surface area contributed by atoms with Crippen molar-refractivity contribution in [3.63, 3.8) is 0 Å². The van der Waals surface area contributed by atoms with Crippen LogP contribution in [0, 0.1) is 13.8 Å². The fourth-order valence-electron chi connectivity index (χ4n) is 2.06. The van der Waals surface area contributed by atoms with E-state index in [2.05, 4.69) is 32.8 Å². The van der Waals surface area contributed by atoms with E-state index in [9.17, 15) is 0 Å². The Morgan fingerprint density at radius 3 is 2.38 bits per heavy atom. The van der Waals surface area contributed by atoms with Crippen molar-refractivity contribution in [2.75, 3.05) is 24.4 Å². The lowest BCUT2D eigenvalue weighted by Crippen LogP contribution is -2.15. The highest BCUT2D eigenvalue weighted by atomic mass is 16.5.